The van der Waals surface area contributed by atoms with E-state index in [9.17, 15) is 4.79 Å². The third-order valence-corrected chi connectivity index (χ3v) is 5.22. The molecule has 3 fully saturated rings. The molecule has 0 amide bonds. The highest BCUT2D eigenvalue weighted by molar-refractivity contribution is 7.13. The van der Waals surface area contributed by atoms with E-state index in [0.717, 1.165) is 11.1 Å². The van der Waals surface area contributed by atoms with Crippen LogP contribution in [0, 0.1) is 12.8 Å². The van der Waals surface area contributed by atoms with Crippen molar-refractivity contribution in [1.82, 2.24) is 9.88 Å². The van der Waals surface area contributed by atoms with E-state index in [1.807, 2.05) is 31.2 Å². The average molecular weight is 397 g/mol. The van der Waals surface area contributed by atoms with Crippen molar-refractivity contribution in [2.75, 3.05) is 19.5 Å². The number of hydrogen-bond acceptors (Lipinski definition) is 5. The second kappa shape index (κ2) is 7.36. The lowest BCUT2D eigenvalue weighted by Gasteiger charge is -2.44. The number of hydrogen-bond donors (Lipinski definition) is 0. The molecule has 1 atom stereocenters. The molecule has 144 valence electrons. The van der Waals surface area contributed by atoms with Crippen LogP contribution in [0.15, 0.2) is 29.6 Å². The minimum absolute atomic E-state index is 0.386. The van der Waals surface area contributed by atoms with Gasteiger partial charge in [0.1, 0.15) is 11.1 Å². The summed E-state index contributed by atoms with van der Waals surface area (Å²) in [4.78, 5) is 17.4. The molecular formula is C22H28N2O2S. The van der Waals surface area contributed by atoms with Crippen LogP contribution < -0.4 is 0 Å². The van der Waals surface area contributed by atoms with Gasteiger partial charge in [0.25, 0.3) is 0 Å². The lowest BCUT2D eigenvalue weighted by Crippen LogP contribution is -2.52. The van der Waals surface area contributed by atoms with E-state index in [2.05, 4.69) is 4.98 Å². The van der Waals surface area contributed by atoms with Crippen molar-refractivity contribution in [2.24, 2.45) is 5.89 Å². The highest BCUT2D eigenvalue weighted by atomic mass is 32.1. The SMILES string of the molecule is [2H]C1([2H])N2C([2H])([2H])C([2H])([2H])C([2H])(C1([2H])[2H])[C@]([2H])(OC(=O)CC(C)(C)c1csc(-c3ccc(C)cc3)n1)C2([2H])[2H]. The largest absolute Gasteiger partial charge is 0.461 e. The Labute approximate surface area is 182 Å². The van der Waals surface area contributed by atoms with Crippen molar-refractivity contribution in [3.8, 4) is 10.6 Å². The Kier molecular flexibility index (Phi) is 2.50. The Morgan fingerprint density at radius 2 is 2.07 bits per heavy atom. The minimum atomic E-state index is -3.86. The molecule has 0 spiro atoms. The van der Waals surface area contributed by atoms with Crippen LogP contribution in [0.3, 0.4) is 0 Å². The lowest BCUT2D eigenvalue weighted by molar-refractivity contribution is -0.160. The molecule has 3 saturated heterocycles. The fraction of sp³-hybridized carbons (Fsp3) is 0.545. The first-order valence-electron chi connectivity index (χ1n) is 14.5. The van der Waals surface area contributed by atoms with Crippen molar-refractivity contribution >= 4 is 17.3 Å². The molecule has 4 nitrogen and oxygen atoms in total. The number of esters is 1. The number of carbonyl (C=O) groups is 1. The number of rotatable bonds is 5. The Bertz CT molecular complexity index is 1280. The molecule has 0 N–H and O–H groups in total. The van der Waals surface area contributed by atoms with E-state index in [1.54, 1.807) is 19.2 Å². The summed E-state index contributed by atoms with van der Waals surface area (Å²) in [5.74, 6) is -5.14. The molecule has 1 aromatic carbocycles. The van der Waals surface area contributed by atoms with Gasteiger partial charge in [-0.3, -0.25) is 9.69 Å². The maximum atomic E-state index is 13.2. The summed E-state index contributed by atoms with van der Waals surface area (Å²) in [6, 6.07) is 7.64. The second-order valence-corrected chi connectivity index (χ2v) is 7.92. The molecule has 5 heteroatoms. The van der Waals surface area contributed by atoms with E-state index >= 15 is 0 Å². The van der Waals surface area contributed by atoms with E-state index in [-0.39, 0.29) is 4.90 Å². The quantitative estimate of drug-likeness (QED) is 0.702. The topological polar surface area (TPSA) is 42.4 Å². The molecule has 5 rings (SSSR count). The number of aromatic nitrogens is 1. The van der Waals surface area contributed by atoms with Crippen LogP contribution in [-0.2, 0) is 14.9 Å². The van der Waals surface area contributed by atoms with Crippen molar-refractivity contribution in [1.29, 1.82) is 0 Å². The van der Waals surface area contributed by atoms with Gasteiger partial charge in [0, 0.05) is 37.9 Å². The number of aryl methyl sites for hydroxylation is 1. The molecule has 0 unspecified atom stereocenters. The van der Waals surface area contributed by atoms with Crippen LogP contribution in [0.1, 0.15) is 60.7 Å². The van der Waals surface area contributed by atoms with Crippen LogP contribution in [-0.4, -0.2) is 41.4 Å². The zero-order chi connectivity index (χ0) is 29.8. The van der Waals surface area contributed by atoms with E-state index in [0.29, 0.717) is 10.7 Å². The summed E-state index contributed by atoms with van der Waals surface area (Å²) in [5, 5.41) is 2.40. The highest BCUT2D eigenvalue weighted by Crippen LogP contribution is 2.34. The zero-order valence-electron chi connectivity index (χ0n) is 27.2. The minimum Gasteiger partial charge on any atom is -0.461 e. The molecule has 4 heterocycles. The normalized spacial score (nSPS) is 46.1. The van der Waals surface area contributed by atoms with Gasteiger partial charge in [0.05, 0.1) is 13.5 Å². The Morgan fingerprint density at radius 1 is 1.37 bits per heavy atom. The first kappa shape index (κ1) is 9.19. The van der Waals surface area contributed by atoms with E-state index in [4.69, 9.17) is 21.2 Å². The fourth-order valence-corrected chi connectivity index (χ4v) is 3.72. The summed E-state index contributed by atoms with van der Waals surface area (Å²) in [6.07, 6.45) is -11.6. The molecule has 0 radical (unpaired) electrons. The van der Waals surface area contributed by atoms with Gasteiger partial charge in [-0.15, -0.1) is 11.3 Å². The number of fused-ring (bicyclic) bond motifs is 3. The van der Waals surface area contributed by atoms with Crippen LogP contribution in [0.2, 0.25) is 0 Å². The van der Waals surface area contributed by atoms with Crippen molar-refractivity contribution in [3.63, 3.8) is 0 Å². The predicted octanol–water partition coefficient (Wildman–Crippen LogP) is 4.42. The van der Waals surface area contributed by atoms with Crippen LogP contribution in [0.4, 0.5) is 0 Å². The molecule has 1 aromatic heterocycles. The predicted molar refractivity (Wildman–Crippen MR) is 109 cm³/mol. The molecule has 2 bridgehead atoms. The van der Waals surface area contributed by atoms with Crippen LogP contribution in [0.25, 0.3) is 10.6 Å². The maximum absolute atomic E-state index is 13.2. The summed E-state index contributed by atoms with van der Waals surface area (Å²) >= 11 is 1.33. The van der Waals surface area contributed by atoms with Gasteiger partial charge in [0.15, 0.2) is 0 Å². The number of thiazole rings is 1. The first-order chi connectivity index (χ1) is 17.4. The summed E-state index contributed by atoms with van der Waals surface area (Å²) in [7, 11) is 0. The van der Waals surface area contributed by atoms with Crippen molar-refractivity contribution in [2.45, 2.75) is 51.4 Å². The average Bonchev–Trinajstić information content (AvgIpc) is 3.27. The van der Waals surface area contributed by atoms with Gasteiger partial charge in [-0.1, -0.05) is 43.7 Å². The Morgan fingerprint density at radius 3 is 2.78 bits per heavy atom. The molecule has 0 aliphatic carbocycles. The molecule has 27 heavy (non-hydrogen) atoms. The maximum Gasteiger partial charge on any atom is 0.307 e. The van der Waals surface area contributed by atoms with Gasteiger partial charge in [0.2, 0.25) is 0 Å². The van der Waals surface area contributed by atoms with Gasteiger partial charge >= 0.3 is 5.97 Å². The van der Waals surface area contributed by atoms with Crippen LogP contribution >= 0.6 is 11.3 Å². The molecule has 3 aliphatic rings. The lowest BCUT2D eigenvalue weighted by atomic mass is 9.85. The number of piperidine rings is 3. The van der Waals surface area contributed by atoms with Crippen molar-refractivity contribution in [3.05, 3.63) is 40.9 Å². The number of nitrogens with zero attached hydrogens (tertiary/aromatic N) is 2. The monoisotopic (exact) mass is 396 g/mol. The molecular weight excluding hydrogens is 356 g/mol. The fourth-order valence-electron chi connectivity index (χ4n) is 2.70. The molecule has 2 aromatic rings. The third-order valence-electron chi connectivity index (χ3n) is 4.32. The van der Waals surface area contributed by atoms with E-state index < -0.39 is 62.0 Å². The van der Waals surface area contributed by atoms with Crippen molar-refractivity contribution < 1.29 is 26.0 Å². The van der Waals surface area contributed by atoms with Gasteiger partial charge in [-0.25, -0.2) is 4.98 Å². The summed E-state index contributed by atoms with van der Waals surface area (Å²) < 4.78 is 105. The van der Waals surface area contributed by atoms with Gasteiger partial charge in [-0.05, 0) is 38.6 Å². The second-order valence-electron chi connectivity index (χ2n) is 7.06. The van der Waals surface area contributed by atoms with Gasteiger partial charge in [-0.2, -0.15) is 0 Å². The molecule has 3 aliphatic heterocycles. The van der Waals surface area contributed by atoms with Gasteiger partial charge < -0.3 is 4.74 Å². The first-order valence-corrected chi connectivity index (χ1v) is 9.37. The Balaban J connectivity index is 1.70. The van der Waals surface area contributed by atoms with E-state index in [1.165, 1.54) is 11.3 Å². The number of benzene rings is 1. The summed E-state index contributed by atoms with van der Waals surface area (Å²) in [5.41, 5.74) is 1.33. The van der Waals surface area contributed by atoms with Crippen LogP contribution in [0.5, 0.6) is 0 Å². The Hall–Kier alpha value is -1.72. The molecule has 0 saturated carbocycles. The smallest absolute Gasteiger partial charge is 0.307 e. The highest BCUT2D eigenvalue weighted by Gasteiger charge is 2.37. The number of carbonyl (C=O) groups excluding carboxylic acids is 1. The summed E-state index contributed by atoms with van der Waals surface area (Å²) in [6.45, 7) is -5.57. The third kappa shape index (κ3) is 4.09. The standard InChI is InChI=1S/C22H28N2O2S/c1-15-4-6-17(7-5-15)21-23-19(14-27-21)22(2,3)12-20(25)26-18-13-24-10-8-16(18)9-11-24/h4-7,14,16,18H,8-13H2,1-3H3/t18-/m1/s1/i8D2,9D2,10D2,11D2,13D2,16D,18D. The zero-order valence-corrected chi connectivity index (χ0v) is 16.0. The number of ether oxygens (including phenoxy) is 1.